The maximum atomic E-state index is 12.8. The Morgan fingerprint density at radius 1 is 1.03 bits per heavy atom. The van der Waals surface area contributed by atoms with Crippen molar-refractivity contribution >= 4 is 49.2 Å². The highest BCUT2D eigenvalue weighted by Gasteiger charge is 2.31. The van der Waals surface area contributed by atoms with E-state index in [1.807, 2.05) is 0 Å². The summed E-state index contributed by atoms with van der Waals surface area (Å²) in [5.74, 6) is -0.832. The number of nitrogens with one attached hydrogen (secondary N) is 2. The van der Waals surface area contributed by atoms with Crippen molar-refractivity contribution in [2.75, 3.05) is 23.1 Å². The molecular weight excluding hydrogens is 538 g/mol. The zero-order valence-corrected chi connectivity index (χ0v) is 22.4. The molecule has 4 rings (SSSR count). The van der Waals surface area contributed by atoms with E-state index in [1.54, 1.807) is 37.3 Å². The van der Waals surface area contributed by atoms with Crippen LogP contribution in [0, 0.1) is 12.8 Å². The number of amides is 1. The first-order valence-electron chi connectivity index (χ1n) is 11.5. The summed E-state index contributed by atoms with van der Waals surface area (Å²) in [6.07, 6.45) is 2.21. The Kier molecular flexibility index (Phi) is 8.12. The fraction of sp³-hybridized carbons (Fsp3) is 0.292. The largest absolute Gasteiger partial charge is 0.326 e. The van der Waals surface area contributed by atoms with Gasteiger partial charge in [0.05, 0.1) is 10.6 Å². The van der Waals surface area contributed by atoms with Gasteiger partial charge in [-0.15, -0.1) is 0 Å². The van der Waals surface area contributed by atoms with Crippen molar-refractivity contribution in [1.29, 1.82) is 0 Å². The summed E-state index contributed by atoms with van der Waals surface area (Å²) < 4.78 is 54.6. The van der Waals surface area contributed by atoms with Gasteiger partial charge in [-0.05, 0) is 61.7 Å². The van der Waals surface area contributed by atoms with Crippen LogP contribution in [0.3, 0.4) is 0 Å². The van der Waals surface area contributed by atoms with Crippen molar-refractivity contribution in [3.8, 4) is 0 Å². The Bertz CT molecular complexity index is 1490. The number of nitrogens with zero attached hydrogens (tertiary/aromatic N) is 3. The van der Waals surface area contributed by atoms with Crippen molar-refractivity contribution in [3.63, 3.8) is 0 Å². The quantitative estimate of drug-likeness (QED) is 0.428. The first-order chi connectivity index (χ1) is 17.5. The zero-order chi connectivity index (χ0) is 26.6. The molecule has 1 aromatic heterocycles. The van der Waals surface area contributed by atoms with Crippen molar-refractivity contribution < 1.29 is 21.6 Å². The van der Waals surface area contributed by atoms with Crippen molar-refractivity contribution in [2.24, 2.45) is 5.92 Å². The average molecular weight is 564 g/mol. The molecule has 13 heteroatoms. The van der Waals surface area contributed by atoms with E-state index in [0.717, 1.165) is 0 Å². The van der Waals surface area contributed by atoms with Gasteiger partial charge in [0.2, 0.25) is 21.9 Å². The number of piperidine rings is 1. The van der Waals surface area contributed by atoms with Gasteiger partial charge >= 0.3 is 0 Å². The van der Waals surface area contributed by atoms with Crippen LogP contribution in [0.1, 0.15) is 24.1 Å². The summed E-state index contributed by atoms with van der Waals surface area (Å²) in [6.45, 7) is 2.18. The number of anilines is 2. The second-order valence-electron chi connectivity index (χ2n) is 8.66. The van der Waals surface area contributed by atoms with Crippen molar-refractivity contribution in [2.45, 2.75) is 30.4 Å². The summed E-state index contributed by atoms with van der Waals surface area (Å²) in [4.78, 5) is 20.7. The smallest absolute Gasteiger partial charge is 0.264 e. The second kappa shape index (κ2) is 11.1. The van der Waals surface area contributed by atoms with E-state index in [9.17, 15) is 21.6 Å². The Morgan fingerprint density at radius 2 is 1.70 bits per heavy atom. The number of carbonyl (C=O) groups is 1. The van der Waals surface area contributed by atoms with Gasteiger partial charge in [0.25, 0.3) is 10.0 Å². The Balaban J connectivity index is 1.32. The Morgan fingerprint density at radius 3 is 2.35 bits per heavy atom. The number of sulfonamides is 2. The predicted octanol–water partition coefficient (Wildman–Crippen LogP) is 3.42. The van der Waals surface area contributed by atoms with Gasteiger partial charge in [0.1, 0.15) is 0 Å². The van der Waals surface area contributed by atoms with Crippen LogP contribution in [0.4, 0.5) is 11.6 Å². The van der Waals surface area contributed by atoms with Crippen LogP contribution in [0.2, 0.25) is 5.02 Å². The molecule has 2 heterocycles. The molecule has 1 amide bonds. The minimum Gasteiger partial charge on any atom is -0.326 e. The topological polar surface area (TPSA) is 138 Å². The molecule has 0 radical (unpaired) electrons. The minimum absolute atomic E-state index is 0.00682. The molecule has 0 atom stereocenters. The molecule has 2 aromatic carbocycles. The highest BCUT2D eigenvalue weighted by Crippen LogP contribution is 2.25. The molecule has 0 spiro atoms. The highest BCUT2D eigenvalue weighted by atomic mass is 35.5. The summed E-state index contributed by atoms with van der Waals surface area (Å²) >= 11 is 6.11. The summed E-state index contributed by atoms with van der Waals surface area (Å²) in [6, 6.07) is 14.2. The number of aromatic nitrogens is 2. The molecule has 0 saturated carbocycles. The number of aryl methyl sites for hydroxylation is 1. The third-order valence-corrected chi connectivity index (χ3v) is 9.51. The van der Waals surface area contributed by atoms with Crippen LogP contribution in [0.5, 0.6) is 0 Å². The first kappa shape index (κ1) is 27.0. The lowest BCUT2D eigenvalue weighted by Gasteiger charge is -2.30. The molecule has 1 fully saturated rings. The zero-order valence-electron chi connectivity index (χ0n) is 20.0. The van der Waals surface area contributed by atoms with Crippen molar-refractivity contribution in [3.05, 3.63) is 77.1 Å². The number of rotatable bonds is 8. The van der Waals surface area contributed by atoms with Gasteiger partial charge in [-0.2, -0.15) is 0 Å². The normalized spacial score (nSPS) is 15.3. The van der Waals surface area contributed by atoms with Gasteiger partial charge in [-0.1, -0.05) is 29.8 Å². The van der Waals surface area contributed by atoms with Crippen LogP contribution < -0.4 is 10.0 Å². The van der Waals surface area contributed by atoms with Gasteiger partial charge < -0.3 is 5.32 Å². The number of carbonyl (C=O) groups excluding carboxylic acids is 1. The molecule has 0 bridgehead atoms. The second-order valence-corrected chi connectivity index (χ2v) is 12.7. The van der Waals surface area contributed by atoms with Crippen molar-refractivity contribution in [1.82, 2.24) is 14.3 Å². The van der Waals surface area contributed by atoms with Crippen LogP contribution in [-0.4, -0.2) is 50.1 Å². The Hall–Kier alpha value is -3.06. The number of hydrogen-bond acceptors (Lipinski definition) is 7. The third kappa shape index (κ3) is 6.83. The van der Waals surface area contributed by atoms with Gasteiger partial charge in [0, 0.05) is 41.6 Å². The van der Waals surface area contributed by atoms with E-state index < -0.39 is 20.0 Å². The SMILES string of the molecule is Cc1ccnc(NS(=O)(=O)c2ccc(NC(=O)C3CCN(S(=O)(=O)Cc4ccccc4Cl)CC3)cc2)n1. The summed E-state index contributed by atoms with van der Waals surface area (Å²) in [7, 11) is -7.47. The first-order valence-corrected chi connectivity index (χ1v) is 15.0. The number of halogens is 1. The summed E-state index contributed by atoms with van der Waals surface area (Å²) in [5.41, 5.74) is 1.59. The summed E-state index contributed by atoms with van der Waals surface area (Å²) in [5, 5.41) is 3.19. The van der Waals surface area contributed by atoms with E-state index in [0.29, 0.717) is 34.8 Å². The lowest BCUT2D eigenvalue weighted by molar-refractivity contribution is -0.120. The maximum Gasteiger partial charge on any atom is 0.264 e. The van der Waals surface area contributed by atoms with Crippen LogP contribution in [0.15, 0.2) is 65.7 Å². The van der Waals surface area contributed by atoms with Gasteiger partial charge in [0.15, 0.2) is 0 Å². The van der Waals surface area contributed by atoms with Crippen LogP contribution >= 0.6 is 11.6 Å². The van der Waals surface area contributed by atoms with E-state index >= 15 is 0 Å². The lowest BCUT2D eigenvalue weighted by atomic mass is 9.97. The van der Waals surface area contributed by atoms with Crippen LogP contribution in [-0.2, 0) is 30.6 Å². The monoisotopic (exact) mass is 563 g/mol. The fourth-order valence-electron chi connectivity index (χ4n) is 3.94. The third-order valence-electron chi connectivity index (χ3n) is 5.97. The maximum absolute atomic E-state index is 12.8. The molecule has 2 N–H and O–H groups in total. The molecule has 10 nitrogen and oxygen atoms in total. The molecule has 1 saturated heterocycles. The molecule has 37 heavy (non-hydrogen) atoms. The highest BCUT2D eigenvalue weighted by molar-refractivity contribution is 7.92. The number of hydrogen-bond donors (Lipinski definition) is 2. The minimum atomic E-state index is -3.90. The van der Waals surface area contributed by atoms with E-state index in [-0.39, 0.29) is 41.5 Å². The number of benzene rings is 2. The Labute approximate surface area is 221 Å². The molecule has 0 aliphatic carbocycles. The van der Waals surface area contributed by atoms with E-state index in [2.05, 4.69) is 20.0 Å². The van der Waals surface area contributed by atoms with E-state index in [4.69, 9.17) is 11.6 Å². The van der Waals surface area contributed by atoms with Gasteiger partial charge in [-0.3, -0.25) is 4.79 Å². The fourth-order valence-corrected chi connectivity index (χ4v) is 6.77. The predicted molar refractivity (Wildman–Crippen MR) is 141 cm³/mol. The molecular formula is C24H26ClN5O5S2. The molecule has 3 aromatic rings. The van der Waals surface area contributed by atoms with Crippen LogP contribution in [0.25, 0.3) is 0 Å². The standard InChI is InChI=1S/C24H26ClN5O5S2/c1-17-10-13-26-24(27-17)29-37(34,35)21-8-6-20(7-9-21)28-23(31)18-11-14-30(15-12-18)36(32,33)16-19-4-2-3-5-22(19)25/h2-10,13,18H,11-12,14-16H2,1H3,(H,28,31)(H,26,27,29). The van der Waals surface area contributed by atoms with E-state index in [1.165, 1.54) is 34.8 Å². The molecule has 1 aliphatic rings. The molecule has 0 unspecified atom stereocenters. The average Bonchev–Trinajstić information content (AvgIpc) is 2.85. The molecule has 196 valence electrons. The molecule has 1 aliphatic heterocycles. The van der Waals surface area contributed by atoms with Gasteiger partial charge in [-0.25, -0.2) is 35.8 Å². The lowest BCUT2D eigenvalue weighted by Crippen LogP contribution is -2.41.